The van der Waals surface area contributed by atoms with Crippen LogP contribution >= 0.6 is 0 Å². The zero-order chi connectivity index (χ0) is 11.2. The Kier molecular flexibility index (Phi) is 12.0. The minimum absolute atomic E-state index is 0. The van der Waals surface area contributed by atoms with E-state index in [0.717, 1.165) is 6.42 Å². The molecule has 0 heterocycles. The fourth-order valence-electron chi connectivity index (χ4n) is 1.42. The molecule has 0 aliphatic heterocycles. The van der Waals surface area contributed by atoms with Crippen LogP contribution in [0.4, 0.5) is 0 Å². The average molecular weight is 262 g/mol. The summed E-state index contributed by atoms with van der Waals surface area (Å²) in [6, 6.07) is 0. The van der Waals surface area contributed by atoms with E-state index < -0.39 is 21.5 Å². The van der Waals surface area contributed by atoms with Gasteiger partial charge in [-0.1, -0.05) is 33.1 Å². The molecule has 86 valence electrons. The SMILES string of the molecule is CCCCC(C(O)CCC)S(=O)(=O)[O-].[K+]. The third-order valence-corrected chi connectivity index (χ3v) is 3.52. The van der Waals surface area contributed by atoms with E-state index in [1.807, 2.05) is 13.8 Å². The zero-order valence-corrected chi connectivity index (χ0v) is 13.7. The van der Waals surface area contributed by atoms with Crippen LogP contribution in [0.25, 0.3) is 0 Å². The Morgan fingerprint density at radius 2 is 1.73 bits per heavy atom. The standard InChI is InChI=1S/C9H20O4S.K/c1-3-5-7-9(14(11,12)13)8(10)6-4-2;/h8-10H,3-7H2,1-2H3,(H,11,12,13);/q;+1/p-1. The van der Waals surface area contributed by atoms with Gasteiger partial charge in [-0.3, -0.25) is 0 Å². The molecule has 0 rings (SSSR count). The summed E-state index contributed by atoms with van der Waals surface area (Å²) in [6.45, 7) is 3.76. The second-order valence-corrected chi connectivity index (χ2v) is 5.12. The summed E-state index contributed by atoms with van der Waals surface area (Å²) in [5.41, 5.74) is 0. The average Bonchev–Trinajstić information content (AvgIpc) is 2.03. The smallest absolute Gasteiger partial charge is 0.748 e. The maximum Gasteiger partial charge on any atom is 1.00 e. The molecular formula is C9H19KO4S. The molecule has 0 bridgehead atoms. The van der Waals surface area contributed by atoms with Crippen molar-refractivity contribution in [2.45, 2.75) is 57.3 Å². The minimum Gasteiger partial charge on any atom is -0.748 e. The molecular weight excluding hydrogens is 243 g/mol. The molecule has 2 atom stereocenters. The first-order valence-corrected chi connectivity index (χ1v) is 6.53. The van der Waals surface area contributed by atoms with Gasteiger partial charge in [0.2, 0.25) is 0 Å². The molecule has 0 radical (unpaired) electrons. The van der Waals surface area contributed by atoms with Crippen molar-refractivity contribution < 1.29 is 69.5 Å². The van der Waals surface area contributed by atoms with Gasteiger partial charge in [0.05, 0.1) is 11.4 Å². The maximum atomic E-state index is 10.8. The van der Waals surface area contributed by atoms with Crippen LogP contribution in [0.5, 0.6) is 0 Å². The van der Waals surface area contributed by atoms with Crippen LogP contribution in [0.15, 0.2) is 0 Å². The van der Waals surface area contributed by atoms with E-state index in [1.165, 1.54) is 0 Å². The first-order valence-electron chi connectivity index (χ1n) is 5.06. The van der Waals surface area contributed by atoms with Gasteiger partial charge >= 0.3 is 51.4 Å². The second kappa shape index (κ2) is 9.53. The molecule has 2 unspecified atom stereocenters. The Morgan fingerprint density at radius 1 is 1.20 bits per heavy atom. The number of hydrogen-bond acceptors (Lipinski definition) is 4. The van der Waals surface area contributed by atoms with E-state index in [0.29, 0.717) is 19.3 Å². The molecule has 0 amide bonds. The summed E-state index contributed by atoms with van der Waals surface area (Å²) >= 11 is 0. The predicted molar refractivity (Wildman–Crippen MR) is 53.9 cm³/mol. The largest absolute Gasteiger partial charge is 1.00 e. The molecule has 0 aromatic rings. The zero-order valence-electron chi connectivity index (χ0n) is 9.77. The van der Waals surface area contributed by atoms with E-state index in [-0.39, 0.29) is 57.8 Å². The van der Waals surface area contributed by atoms with Crippen molar-refractivity contribution in [1.29, 1.82) is 0 Å². The summed E-state index contributed by atoms with van der Waals surface area (Å²) in [5, 5.41) is 8.37. The summed E-state index contributed by atoms with van der Waals surface area (Å²) in [6.07, 6.45) is 1.80. The summed E-state index contributed by atoms with van der Waals surface area (Å²) in [5.74, 6) is 0. The Bertz CT molecular complexity index is 240. The van der Waals surface area contributed by atoms with Crippen LogP contribution in [0.1, 0.15) is 46.0 Å². The number of aliphatic hydroxyl groups is 1. The fourth-order valence-corrected chi connectivity index (χ4v) is 2.39. The van der Waals surface area contributed by atoms with E-state index in [2.05, 4.69) is 0 Å². The fraction of sp³-hybridized carbons (Fsp3) is 1.00. The quantitative estimate of drug-likeness (QED) is 0.436. The summed E-state index contributed by atoms with van der Waals surface area (Å²) in [7, 11) is -4.36. The van der Waals surface area contributed by atoms with E-state index in [1.54, 1.807) is 0 Å². The van der Waals surface area contributed by atoms with Crippen molar-refractivity contribution in [3.63, 3.8) is 0 Å². The van der Waals surface area contributed by atoms with Crippen LogP contribution in [0.3, 0.4) is 0 Å². The van der Waals surface area contributed by atoms with Crippen molar-refractivity contribution in [1.82, 2.24) is 0 Å². The molecule has 0 aromatic heterocycles. The first-order chi connectivity index (χ1) is 6.43. The third-order valence-electron chi connectivity index (χ3n) is 2.23. The van der Waals surface area contributed by atoms with Gasteiger partial charge in [-0.15, -0.1) is 0 Å². The molecule has 0 fully saturated rings. The number of aliphatic hydroxyl groups excluding tert-OH is 1. The Morgan fingerprint density at radius 3 is 2.07 bits per heavy atom. The minimum atomic E-state index is -4.36. The molecule has 0 aromatic carbocycles. The molecule has 0 spiro atoms. The molecule has 15 heavy (non-hydrogen) atoms. The van der Waals surface area contributed by atoms with E-state index in [9.17, 15) is 18.1 Å². The van der Waals surface area contributed by atoms with Crippen molar-refractivity contribution in [3.05, 3.63) is 0 Å². The van der Waals surface area contributed by atoms with E-state index in [4.69, 9.17) is 0 Å². The molecule has 1 N–H and O–H groups in total. The number of hydrogen-bond donors (Lipinski definition) is 1. The predicted octanol–water partition coefficient (Wildman–Crippen LogP) is -1.74. The van der Waals surface area contributed by atoms with Gasteiger partial charge < -0.3 is 9.66 Å². The third kappa shape index (κ3) is 8.26. The monoisotopic (exact) mass is 262 g/mol. The molecule has 0 aliphatic rings. The summed E-state index contributed by atoms with van der Waals surface area (Å²) in [4.78, 5) is 0. The number of unbranched alkanes of at least 4 members (excludes halogenated alkanes) is 1. The van der Waals surface area contributed by atoms with Crippen molar-refractivity contribution >= 4 is 10.1 Å². The molecule has 0 saturated carbocycles. The van der Waals surface area contributed by atoms with Crippen LogP contribution in [-0.2, 0) is 10.1 Å². The summed E-state index contributed by atoms with van der Waals surface area (Å²) < 4.78 is 32.5. The molecule has 0 aliphatic carbocycles. The van der Waals surface area contributed by atoms with Gasteiger partial charge in [0, 0.05) is 0 Å². The Labute approximate surface area is 135 Å². The van der Waals surface area contributed by atoms with Crippen molar-refractivity contribution in [3.8, 4) is 0 Å². The van der Waals surface area contributed by atoms with Gasteiger partial charge in [0.1, 0.15) is 10.1 Å². The van der Waals surface area contributed by atoms with Gasteiger partial charge in [-0.05, 0) is 12.8 Å². The number of rotatable bonds is 7. The second-order valence-electron chi connectivity index (χ2n) is 3.53. The Hall–Kier alpha value is 1.51. The first kappa shape index (κ1) is 18.9. The van der Waals surface area contributed by atoms with Gasteiger partial charge in [0.15, 0.2) is 0 Å². The van der Waals surface area contributed by atoms with Gasteiger partial charge in [-0.2, -0.15) is 0 Å². The van der Waals surface area contributed by atoms with Gasteiger partial charge in [-0.25, -0.2) is 8.42 Å². The van der Waals surface area contributed by atoms with Crippen molar-refractivity contribution in [2.75, 3.05) is 0 Å². The van der Waals surface area contributed by atoms with Crippen LogP contribution in [-0.4, -0.2) is 29.4 Å². The Balaban J connectivity index is 0. The van der Waals surface area contributed by atoms with Crippen LogP contribution in [0, 0.1) is 0 Å². The topological polar surface area (TPSA) is 77.4 Å². The molecule has 4 nitrogen and oxygen atoms in total. The maximum absolute atomic E-state index is 10.8. The van der Waals surface area contributed by atoms with Gasteiger partial charge in [0.25, 0.3) is 0 Å². The molecule has 6 heteroatoms. The van der Waals surface area contributed by atoms with Crippen LogP contribution < -0.4 is 51.4 Å². The molecule has 0 saturated heterocycles. The normalized spacial score (nSPS) is 15.5. The van der Waals surface area contributed by atoms with Crippen LogP contribution in [0.2, 0.25) is 0 Å². The van der Waals surface area contributed by atoms with E-state index >= 15 is 0 Å². The van der Waals surface area contributed by atoms with Crippen molar-refractivity contribution in [2.24, 2.45) is 0 Å².